The Morgan fingerprint density at radius 1 is 1.25 bits per heavy atom. The van der Waals surface area contributed by atoms with Gasteiger partial charge in [0.15, 0.2) is 11.6 Å². The average molecular weight is 228 g/mol. The lowest BCUT2D eigenvalue weighted by Crippen LogP contribution is -2.19. The van der Waals surface area contributed by atoms with Crippen LogP contribution in [0, 0.1) is 24.5 Å². The first-order valence-electron chi connectivity index (χ1n) is 5.03. The number of aliphatic carboxylic acids is 1. The van der Waals surface area contributed by atoms with E-state index in [2.05, 4.69) is 0 Å². The van der Waals surface area contributed by atoms with E-state index in [1.165, 1.54) is 19.1 Å². The van der Waals surface area contributed by atoms with Gasteiger partial charge in [0.05, 0.1) is 5.92 Å². The average Bonchev–Trinajstić information content (AvgIpc) is 2.17. The number of rotatable bonds is 3. The summed E-state index contributed by atoms with van der Waals surface area (Å²) in [5.41, 5.74) is 0.0831. The third-order valence-corrected chi connectivity index (χ3v) is 2.57. The minimum absolute atomic E-state index is 0.0920. The summed E-state index contributed by atoms with van der Waals surface area (Å²) in [6.45, 7) is 4.76. The zero-order valence-electron chi connectivity index (χ0n) is 9.42. The Morgan fingerprint density at radius 2 is 1.81 bits per heavy atom. The van der Waals surface area contributed by atoms with Crippen LogP contribution in [-0.2, 0) is 4.79 Å². The molecule has 0 heterocycles. The molecule has 2 nitrogen and oxygen atoms in total. The van der Waals surface area contributed by atoms with Gasteiger partial charge in [0.1, 0.15) is 0 Å². The maximum absolute atomic E-state index is 13.6. The van der Waals surface area contributed by atoms with E-state index in [1.54, 1.807) is 13.8 Å². The van der Waals surface area contributed by atoms with Crippen molar-refractivity contribution in [2.75, 3.05) is 0 Å². The quantitative estimate of drug-likeness (QED) is 0.863. The summed E-state index contributed by atoms with van der Waals surface area (Å²) < 4.78 is 26.9. The van der Waals surface area contributed by atoms with E-state index in [9.17, 15) is 13.6 Å². The molecule has 0 radical (unpaired) electrons. The molecule has 0 aliphatic heterocycles. The second kappa shape index (κ2) is 4.60. The molecule has 1 atom stereocenters. The van der Waals surface area contributed by atoms with Crippen LogP contribution in [0.2, 0.25) is 0 Å². The minimum Gasteiger partial charge on any atom is -0.481 e. The molecule has 0 bridgehead atoms. The highest BCUT2D eigenvalue weighted by atomic mass is 19.2. The lowest BCUT2D eigenvalue weighted by Gasteiger charge is -2.17. The summed E-state index contributed by atoms with van der Waals surface area (Å²) in [6.07, 6.45) is 0. The Morgan fingerprint density at radius 3 is 2.25 bits per heavy atom. The van der Waals surface area contributed by atoms with Gasteiger partial charge in [0, 0.05) is 5.56 Å². The Kier molecular flexibility index (Phi) is 3.62. The molecule has 4 heteroatoms. The second-order valence-corrected chi connectivity index (χ2v) is 4.16. The lowest BCUT2D eigenvalue weighted by molar-refractivity contribution is -0.140. The van der Waals surface area contributed by atoms with Crippen LogP contribution < -0.4 is 0 Å². The van der Waals surface area contributed by atoms with Gasteiger partial charge in [-0.15, -0.1) is 0 Å². The molecule has 1 rings (SSSR count). The zero-order valence-corrected chi connectivity index (χ0v) is 9.42. The molecule has 0 amide bonds. The summed E-state index contributed by atoms with van der Waals surface area (Å²) in [5, 5.41) is 8.99. The van der Waals surface area contributed by atoms with Gasteiger partial charge in [-0.2, -0.15) is 0 Å². The number of hydrogen-bond donors (Lipinski definition) is 1. The number of carboxylic acid groups (broad SMARTS) is 1. The first-order chi connectivity index (χ1) is 7.36. The van der Waals surface area contributed by atoms with Crippen molar-refractivity contribution in [3.8, 4) is 0 Å². The van der Waals surface area contributed by atoms with Crippen LogP contribution in [0.15, 0.2) is 12.1 Å². The van der Waals surface area contributed by atoms with Gasteiger partial charge in [-0.25, -0.2) is 8.78 Å². The fraction of sp³-hybridized carbons (Fsp3) is 0.417. The van der Waals surface area contributed by atoms with Crippen LogP contribution in [0.5, 0.6) is 0 Å². The van der Waals surface area contributed by atoms with Crippen LogP contribution in [0.4, 0.5) is 8.78 Å². The Balaban J connectivity index is 3.31. The van der Waals surface area contributed by atoms with Crippen LogP contribution in [0.1, 0.15) is 30.9 Å². The molecule has 1 unspecified atom stereocenters. The van der Waals surface area contributed by atoms with Gasteiger partial charge in [0.25, 0.3) is 0 Å². The van der Waals surface area contributed by atoms with E-state index in [4.69, 9.17) is 5.11 Å². The number of benzene rings is 1. The summed E-state index contributed by atoms with van der Waals surface area (Å²) in [7, 11) is 0. The van der Waals surface area contributed by atoms with Crippen molar-refractivity contribution >= 4 is 5.97 Å². The Bertz CT molecular complexity index is 414. The fourth-order valence-corrected chi connectivity index (χ4v) is 1.68. The van der Waals surface area contributed by atoms with E-state index in [-0.39, 0.29) is 17.0 Å². The van der Waals surface area contributed by atoms with Gasteiger partial charge in [-0.1, -0.05) is 26.0 Å². The molecule has 16 heavy (non-hydrogen) atoms. The van der Waals surface area contributed by atoms with E-state index < -0.39 is 23.5 Å². The molecular formula is C12H14F2O2. The van der Waals surface area contributed by atoms with Crippen molar-refractivity contribution in [3.05, 3.63) is 34.9 Å². The van der Waals surface area contributed by atoms with Gasteiger partial charge in [-0.3, -0.25) is 4.79 Å². The minimum atomic E-state index is -1.14. The molecule has 0 aliphatic rings. The highest BCUT2D eigenvalue weighted by molar-refractivity contribution is 5.76. The second-order valence-electron chi connectivity index (χ2n) is 4.16. The van der Waals surface area contributed by atoms with Crippen molar-refractivity contribution < 1.29 is 18.7 Å². The lowest BCUT2D eigenvalue weighted by atomic mass is 9.87. The zero-order chi connectivity index (χ0) is 12.5. The van der Waals surface area contributed by atoms with Gasteiger partial charge >= 0.3 is 5.97 Å². The number of carboxylic acids is 1. The van der Waals surface area contributed by atoms with E-state index >= 15 is 0 Å². The topological polar surface area (TPSA) is 37.3 Å². The van der Waals surface area contributed by atoms with Crippen molar-refractivity contribution in [1.82, 2.24) is 0 Å². The number of aryl methyl sites for hydroxylation is 1. The van der Waals surface area contributed by atoms with Crippen LogP contribution in [-0.4, -0.2) is 11.1 Å². The van der Waals surface area contributed by atoms with E-state index in [1.807, 2.05) is 0 Å². The Labute approximate surface area is 92.9 Å². The molecule has 88 valence electrons. The van der Waals surface area contributed by atoms with Crippen molar-refractivity contribution in [1.29, 1.82) is 0 Å². The van der Waals surface area contributed by atoms with E-state index in [0.717, 1.165) is 0 Å². The molecular weight excluding hydrogens is 214 g/mol. The molecule has 0 aromatic heterocycles. The number of hydrogen-bond acceptors (Lipinski definition) is 1. The SMILES string of the molecule is Cc1ccc(C(C(=O)O)C(C)C)c(F)c1F. The van der Waals surface area contributed by atoms with Crippen LogP contribution in [0.3, 0.4) is 0 Å². The molecule has 1 aromatic carbocycles. The maximum atomic E-state index is 13.6. The molecule has 1 aromatic rings. The van der Waals surface area contributed by atoms with Crippen molar-refractivity contribution in [2.45, 2.75) is 26.7 Å². The summed E-state index contributed by atoms with van der Waals surface area (Å²) >= 11 is 0. The first kappa shape index (κ1) is 12.6. The molecule has 1 N–H and O–H groups in total. The van der Waals surface area contributed by atoms with Gasteiger partial charge < -0.3 is 5.11 Å². The monoisotopic (exact) mass is 228 g/mol. The third-order valence-electron chi connectivity index (χ3n) is 2.57. The predicted molar refractivity (Wildman–Crippen MR) is 56.3 cm³/mol. The van der Waals surface area contributed by atoms with Crippen molar-refractivity contribution in [2.24, 2.45) is 5.92 Å². The molecule has 0 aliphatic carbocycles. The van der Waals surface area contributed by atoms with Crippen molar-refractivity contribution in [3.63, 3.8) is 0 Å². The largest absolute Gasteiger partial charge is 0.481 e. The normalized spacial score (nSPS) is 12.9. The van der Waals surface area contributed by atoms with Gasteiger partial charge in [0.2, 0.25) is 0 Å². The first-order valence-corrected chi connectivity index (χ1v) is 5.03. The number of halogens is 2. The van der Waals surface area contributed by atoms with Crippen LogP contribution >= 0.6 is 0 Å². The maximum Gasteiger partial charge on any atom is 0.311 e. The third kappa shape index (κ3) is 2.21. The van der Waals surface area contributed by atoms with E-state index in [0.29, 0.717) is 0 Å². The summed E-state index contributed by atoms with van der Waals surface area (Å²) in [6, 6.07) is 2.73. The Hall–Kier alpha value is -1.45. The van der Waals surface area contributed by atoms with Crippen LogP contribution in [0.25, 0.3) is 0 Å². The highest BCUT2D eigenvalue weighted by Gasteiger charge is 2.28. The van der Waals surface area contributed by atoms with Gasteiger partial charge in [-0.05, 0) is 18.4 Å². The smallest absolute Gasteiger partial charge is 0.311 e. The summed E-state index contributed by atoms with van der Waals surface area (Å²) in [5.74, 6) is -4.48. The highest BCUT2D eigenvalue weighted by Crippen LogP contribution is 2.29. The standard InChI is InChI=1S/C12H14F2O2/c1-6(2)9(12(15)16)8-5-4-7(3)10(13)11(8)14/h4-6,9H,1-3H3,(H,15,16). The predicted octanol–water partition coefficient (Wildman–Crippen LogP) is 3.10. The molecule has 0 spiro atoms. The fourth-order valence-electron chi connectivity index (χ4n) is 1.68. The molecule has 0 saturated carbocycles. The number of carbonyl (C=O) groups is 1. The molecule has 0 fully saturated rings. The summed E-state index contributed by atoms with van der Waals surface area (Å²) in [4.78, 5) is 11.0. The molecule has 0 saturated heterocycles.